The smallest absolute Gasteiger partial charge is 0.0501 e. The van der Waals surface area contributed by atoms with Crippen LogP contribution in [0.25, 0.3) is 10.9 Å². The lowest BCUT2D eigenvalue weighted by Gasteiger charge is -2.24. The molecule has 0 radical (unpaired) electrons. The van der Waals surface area contributed by atoms with E-state index in [2.05, 4.69) is 23.0 Å². The molecule has 0 atom stereocenters. The summed E-state index contributed by atoms with van der Waals surface area (Å²) < 4.78 is 36.9. The molecule has 2 aromatic heterocycles. The lowest BCUT2D eigenvalue weighted by Crippen LogP contribution is -2.27. The molecule has 1 aromatic carbocycles. The molecule has 0 bridgehead atoms. The van der Waals surface area contributed by atoms with Crippen molar-refractivity contribution in [1.29, 1.82) is 0 Å². The summed E-state index contributed by atoms with van der Waals surface area (Å²) in [5, 5.41) is 1.02. The summed E-state index contributed by atoms with van der Waals surface area (Å²) in [6.07, 6.45) is -0.0911. The summed E-state index contributed by atoms with van der Waals surface area (Å²) >= 11 is 0. The van der Waals surface area contributed by atoms with E-state index in [0.717, 1.165) is 46.5 Å². The molecule has 24 heavy (non-hydrogen) atoms. The largest absolute Gasteiger partial charge is 0.344 e. The second kappa shape index (κ2) is 6.06. The van der Waals surface area contributed by atoms with Crippen LogP contribution < -0.4 is 0 Å². The predicted molar refractivity (Wildman–Crippen MR) is 99.4 cm³/mol. The Kier molecular flexibility index (Phi) is 2.89. The summed E-state index contributed by atoms with van der Waals surface area (Å²) in [6.45, 7) is 3.17. The molecule has 3 heteroatoms. The summed E-state index contributed by atoms with van der Waals surface area (Å²) in [7, 11) is 2.06. The first kappa shape index (κ1) is 11.4. The minimum atomic E-state index is -2.26. The molecule has 0 spiro atoms. The molecular formula is C21H25N3. The quantitative estimate of drug-likeness (QED) is 0.729. The van der Waals surface area contributed by atoms with Crippen molar-refractivity contribution in [1.82, 2.24) is 14.5 Å². The number of fused-ring (bicyclic) bond motifs is 3. The number of aryl methyl sites for hydroxylation is 4. The number of aromatic nitrogens is 2. The number of pyridine rings is 1. The SMILES string of the molecule is [2H]C([2H])(c1ccc(C)nc1)C([2H])([2H])n1c2c(c3cc(C)ccc31)CN(C)CC2. The molecule has 1 aliphatic heterocycles. The fraction of sp³-hybridized carbons (Fsp3) is 0.381. The van der Waals surface area contributed by atoms with E-state index in [1.807, 2.05) is 26.0 Å². The number of nitrogens with zero attached hydrogens (tertiary/aromatic N) is 3. The van der Waals surface area contributed by atoms with Crippen LogP contribution in [-0.2, 0) is 25.8 Å². The van der Waals surface area contributed by atoms with Gasteiger partial charge in [-0.05, 0) is 56.6 Å². The molecule has 0 N–H and O–H groups in total. The number of hydrogen-bond acceptors (Lipinski definition) is 2. The average molecular weight is 323 g/mol. The number of hydrogen-bond donors (Lipinski definition) is 0. The van der Waals surface area contributed by atoms with Crippen LogP contribution >= 0.6 is 0 Å². The van der Waals surface area contributed by atoms with E-state index in [0.29, 0.717) is 6.42 Å². The highest BCUT2D eigenvalue weighted by Crippen LogP contribution is 2.31. The Balaban J connectivity index is 1.96. The minimum absolute atomic E-state index is 0.249. The van der Waals surface area contributed by atoms with Gasteiger partial charge in [0.1, 0.15) is 0 Å². The van der Waals surface area contributed by atoms with Gasteiger partial charge in [-0.1, -0.05) is 17.7 Å². The molecule has 0 saturated carbocycles. The maximum absolute atomic E-state index is 8.92. The zero-order valence-corrected chi connectivity index (χ0v) is 14.4. The monoisotopic (exact) mass is 323 g/mol. The van der Waals surface area contributed by atoms with E-state index >= 15 is 0 Å². The third kappa shape index (κ3) is 2.73. The number of benzene rings is 1. The molecule has 3 aromatic rings. The van der Waals surface area contributed by atoms with E-state index < -0.39 is 12.9 Å². The maximum Gasteiger partial charge on any atom is 0.0501 e. The van der Waals surface area contributed by atoms with Crippen molar-refractivity contribution >= 4 is 10.9 Å². The number of rotatable bonds is 3. The van der Waals surface area contributed by atoms with Gasteiger partial charge in [0.15, 0.2) is 0 Å². The zero-order valence-electron chi connectivity index (χ0n) is 18.4. The van der Waals surface area contributed by atoms with Crippen LogP contribution in [-0.4, -0.2) is 28.0 Å². The van der Waals surface area contributed by atoms with Crippen molar-refractivity contribution in [2.75, 3.05) is 13.6 Å². The van der Waals surface area contributed by atoms with Crippen LogP contribution in [0.5, 0.6) is 0 Å². The summed E-state index contributed by atoms with van der Waals surface area (Å²) in [5.41, 5.74) is 4.90. The molecule has 0 unspecified atom stereocenters. The van der Waals surface area contributed by atoms with Crippen molar-refractivity contribution < 1.29 is 5.48 Å². The Bertz CT molecular complexity index is 1040. The van der Waals surface area contributed by atoms with Gasteiger partial charge in [-0.3, -0.25) is 4.98 Å². The first-order chi connectivity index (χ1) is 13.1. The second-order valence-corrected chi connectivity index (χ2v) is 6.69. The van der Waals surface area contributed by atoms with Crippen molar-refractivity contribution in [3.8, 4) is 0 Å². The van der Waals surface area contributed by atoms with Crippen molar-refractivity contribution in [3.05, 3.63) is 64.6 Å². The molecule has 0 aliphatic carbocycles. The van der Waals surface area contributed by atoms with Crippen LogP contribution in [0.3, 0.4) is 0 Å². The van der Waals surface area contributed by atoms with Gasteiger partial charge in [0, 0.05) is 57.2 Å². The molecule has 124 valence electrons. The van der Waals surface area contributed by atoms with Gasteiger partial charge in [-0.15, -0.1) is 0 Å². The molecule has 0 saturated heterocycles. The van der Waals surface area contributed by atoms with Gasteiger partial charge in [0.05, 0.1) is 2.74 Å². The minimum Gasteiger partial charge on any atom is -0.344 e. The Morgan fingerprint density at radius 3 is 2.88 bits per heavy atom. The third-order valence-corrected chi connectivity index (χ3v) is 4.72. The van der Waals surface area contributed by atoms with Crippen LogP contribution in [0.1, 0.15) is 33.6 Å². The maximum atomic E-state index is 8.92. The van der Waals surface area contributed by atoms with Crippen LogP contribution in [0, 0.1) is 13.8 Å². The summed E-state index contributed by atoms with van der Waals surface area (Å²) in [4.78, 5) is 6.41. The Labute approximate surface area is 149 Å². The van der Waals surface area contributed by atoms with Crippen LogP contribution in [0.15, 0.2) is 36.5 Å². The average Bonchev–Trinajstić information content (AvgIpc) is 2.95. The molecule has 1 aliphatic rings. The van der Waals surface area contributed by atoms with Crippen molar-refractivity contribution in [2.45, 2.75) is 39.7 Å². The van der Waals surface area contributed by atoms with Crippen LogP contribution in [0.2, 0.25) is 0 Å². The molecule has 4 rings (SSSR count). The zero-order chi connectivity index (χ0) is 20.3. The van der Waals surface area contributed by atoms with E-state index in [4.69, 9.17) is 5.48 Å². The third-order valence-electron chi connectivity index (χ3n) is 4.72. The topological polar surface area (TPSA) is 21.1 Å². The van der Waals surface area contributed by atoms with Crippen molar-refractivity contribution in [2.24, 2.45) is 0 Å². The van der Waals surface area contributed by atoms with Gasteiger partial charge in [-0.25, -0.2) is 0 Å². The first-order valence-electron chi connectivity index (χ1n) is 10.4. The van der Waals surface area contributed by atoms with Crippen molar-refractivity contribution in [3.63, 3.8) is 0 Å². The fourth-order valence-corrected chi connectivity index (χ4v) is 3.40. The van der Waals surface area contributed by atoms with Gasteiger partial charge >= 0.3 is 0 Å². The first-order valence-corrected chi connectivity index (χ1v) is 8.38. The summed E-state index contributed by atoms with van der Waals surface area (Å²) in [6, 6.07) is 9.33. The molecule has 0 amide bonds. The second-order valence-electron chi connectivity index (χ2n) is 6.69. The van der Waals surface area contributed by atoms with E-state index in [-0.39, 0.29) is 5.56 Å². The van der Waals surface area contributed by atoms with Gasteiger partial charge in [-0.2, -0.15) is 0 Å². The normalized spacial score (nSPS) is 18.6. The lowest BCUT2D eigenvalue weighted by atomic mass is 10.0. The van der Waals surface area contributed by atoms with E-state index in [1.54, 1.807) is 16.7 Å². The molecule has 3 heterocycles. The number of likely N-dealkylation sites (N-methyl/N-ethyl adjacent to an activating group) is 1. The highest BCUT2D eigenvalue weighted by Gasteiger charge is 2.22. The highest BCUT2D eigenvalue weighted by molar-refractivity contribution is 5.86. The van der Waals surface area contributed by atoms with Gasteiger partial charge in [0.25, 0.3) is 0 Å². The molecule has 3 nitrogen and oxygen atoms in total. The summed E-state index contributed by atoms with van der Waals surface area (Å²) in [5.74, 6) is 0. The molecular weight excluding hydrogens is 294 g/mol. The van der Waals surface area contributed by atoms with E-state index in [1.165, 1.54) is 6.20 Å². The highest BCUT2D eigenvalue weighted by atomic mass is 15.1. The van der Waals surface area contributed by atoms with Crippen LogP contribution in [0.4, 0.5) is 0 Å². The Morgan fingerprint density at radius 1 is 1.21 bits per heavy atom. The standard InChI is InChI=1S/C21H25N3/c1-15-4-7-20-18(12-15)19-14-23(3)10-9-21(19)24(20)11-8-17-6-5-16(2)22-13-17/h4-7,12-13H,8-11,14H2,1-3H3/i8D2,11D2. The fourth-order valence-electron chi connectivity index (χ4n) is 3.40. The van der Waals surface area contributed by atoms with Gasteiger partial charge < -0.3 is 9.47 Å². The predicted octanol–water partition coefficient (Wildman–Crippen LogP) is 3.88. The molecule has 0 fully saturated rings. The Hall–Kier alpha value is -2.13. The Morgan fingerprint density at radius 2 is 2.08 bits per heavy atom. The van der Waals surface area contributed by atoms with E-state index in [9.17, 15) is 0 Å². The lowest BCUT2D eigenvalue weighted by molar-refractivity contribution is 0.309. The van der Waals surface area contributed by atoms with Gasteiger partial charge in [0.2, 0.25) is 0 Å².